The minimum atomic E-state index is -3.65. The molecule has 1 rings (SSSR count). The number of sulfonamides is 1. The molecule has 0 saturated heterocycles. The molecule has 0 unspecified atom stereocenters. The standard InChI is InChI=1S/C15H22N2O5S/c1-3-7-17-23(19,20)14-6-4-5-13(12-14)15(18)16-8-9-22-11-10-21-2/h3-6,12,17H,1,7-11H2,2H3,(H,16,18). The van der Waals surface area contributed by atoms with Gasteiger partial charge in [0.05, 0.1) is 24.7 Å². The zero-order chi connectivity index (χ0) is 17.1. The highest BCUT2D eigenvalue weighted by Gasteiger charge is 2.15. The van der Waals surface area contributed by atoms with Gasteiger partial charge in [-0.15, -0.1) is 6.58 Å². The summed E-state index contributed by atoms with van der Waals surface area (Å²) in [5.41, 5.74) is 0.267. The van der Waals surface area contributed by atoms with Gasteiger partial charge in [0.15, 0.2) is 0 Å². The molecule has 0 saturated carbocycles. The van der Waals surface area contributed by atoms with E-state index in [0.29, 0.717) is 26.4 Å². The van der Waals surface area contributed by atoms with E-state index in [1.54, 1.807) is 13.2 Å². The van der Waals surface area contributed by atoms with E-state index < -0.39 is 10.0 Å². The van der Waals surface area contributed by atoms with Crippen LogP contribution >= 0.6 is 0 Å². The van der Waals surface area contributed by atoms with Gasteiger partial charge < -0.3 is 14.8 Å². The minimum Gasteiger partial charge on any atom is -0.382 e. The molecule has 0 heterocycles. The van der Waals surface area contributed by atoms with Crippen LogP contribution in [-0.2, 0) is 19.5 Å². The van der Waals surface area contributed by atoms with Crippen molar-refractivity contribution >= 4 is 15.9 Å². The molecule has 0 atom stereocenters. The van der Waals surface area contributed by atoms with Crippen molar-refractivity contribution in [2.45, 2.75) is 4.90 Å². The third-order valence-corrected chi connectivity index (χ3v) is 4.21. The predicted octanol–water partition coefficient (Wildman–Crippen LogP) is 0.544. The Hall–Kier alpha value is -1.74. The molecule has 23 heavy (non-hydrogen) atoms. The van der Waals surface area contributed by atoms with Gasteiger partial charge in [0.1, 0.15) is 0 Å². The van der Waals surface area contributed by atoms with Crippen LogP contribution in [0.1, 0.15) is 10.4 Å². The summed E-state index contributed by atoms with van der Waals surface area (Å²) in [5, 5.41) is 2.66. The molecule has 1 aromatic rings. The van der Waals surface area contributed by atoms with Crippen molar-refractivity contribution < 1.29 is 22.7 Å². The quantitative estimate of drug-likeness (QED) is 0.452. The molecule has 0 fully saturated rings. The van der Waals surface area contributed by atoms with Crippen LogP contribution in [-0.4, -0.2) is 54.3 Å². The summed E-state index contributed by atoms with van der Waals surface area (Å²) in [6.07, 6.45) is 1.44. The Kier molecular flexibility index (Phi) is 8.49. The highest BCUT2D eigenvalue weighted by Crippen LogP contribution is 2.11. The summed E-state index contributed by atoms with van der Waals surface area (Å²) < 4.78 is 36.4. The molecule has 1 aromatic carbocycles. The summed E-state index contributed by atoms with van der Waals surface area (Å²) in [4.78, 5) is 12.0. The van der Waals surface area contributed by atoms with Gasteiger partial charge >= 0.3 is 0 Å². The maximum Gasteiger partial charge on any atom is 0.251 e. The molecular weight excluding hydrogens is 320 g/mol. The lowest BCUT2D eigenvalue weighted by molar-refractivity contribution is 0.0692. The van der Waals surface area contributed by atoms with Gasteiger partial charge in [0.25, 0.3) is 5.91 Å². The average molecular weight is 342 g/mol. The zero-order valence-electron chi connectivity index (χ0n) is 13.1. The van der Waals surface area contributed by atoms with Gasteiger partial charge in [-0.1, -0.05) is 12.1 Å². The molecule has 8 heteroatoms. The highest BCUT2D eigenvalue weighted by atomic mass is 32.2. The SMILES string of the molecule is C=CCNS(=O)(=O)c1cccc(C(=O)NCCOCCOC)c1. The van der Waals surface area contributed by atoms with Crippen LogP contribution in [0.2, 0.25) is 0 Å². The van der Waals surface area contributed by atoms with Crippen molar-refractivity contribution in [1.29, 1.82) is 0 Å². The molecule has 2 N–H and O–H groups in total. The van der Waals surface area contributed by atoms with Crippen LogP contribution in [0.15, 0.2) is 41.8 Å². The van der Waals surface area contributed by atoms with Crippen molar-refractivity contribution in [3.63, 3.8) is 0 Å². The Morgan fingerprint density at radius 1 is 1.30 bits per heavy atom. The monoisotopic (exact) mass is 342 g/mol. The lowest BCUT2D eigenvalue weighted by Gasteiger charge is -2.08. The molecule has 0 aliphatic carbocycles. The number of amides is 1. The first-order valence-corrected chi connectivity index (χ1v) is 8.55. The van der Waals surface area contributed by atoms with Crippen molar-refractivity contribution in [1.82, 2.24) is 10.0 Å². The Balaban J connectivity index is 2.58. The van der Waals surface area contributed by atoms with E-state index >= 15 is 0 Å². The Morgan fingerprint density at radius 3 is 2.78 bits per heavy atom. The average Bonchev–Trinajstić information content (AvgIpc) is 2.56. The van der Waals surface area contributed by atoms with Crippen LogP contribution in [0.5, 0.6) is 0 Å². The Morgan fingerprint density at radius 2 is 2.09 bits per heavy atom. The van der Waals surface area contributed by atoms with Crippen LogP contribution in [0.3, 0.4) is 0 Å². The van der Waals surface area contributed by atoms with Crippen molar-refractivity contribution in [2.24, 2.45) is 0 Å². The molecule has 0 radical (unpaired) electrons. The van der Waals surface area contributed by atoms with Gasteiger partial charge in [-0.05, 0) is 18.2 Å². The third-order valence-electron chi connectivity index (χ3n) is 2.79. The lowest BCUT2D eigenvalue weighted by Crippen LogP contribution is -2.28. The fraction of sp³-hybridized carbons (Fsp3) is 0.400. The van der Waals surface area contributed by atoms with Gasteiger partial charge in [-0.3, -0.25) is 4.79 Å². The van der Waals surface area contributed by atoms with Gasteiger partial charge in [0, 0.05) is 25.8 Å². The molecule has 1 amide bonds. The normalized spacial score (nSPS) is 11.2. The van der Waals surface area contributed by atoms with Gasteiger partial charge in [0.2, 0.25) is 10.0 Å². The number of hydrogen-bond donors (Lipinski definition) is 2. The molecule has 128 valence electrons. The number of nitrogens with one attached hydrogen (secondary N) is 2. The van der Waals surface area contributed by atoms with E-state index in [9.17, 15) is 13.2 Å². The number of ether oxygens (including phenoxy) is 2. The maximum absolute atomic E-state index is 12.0. The second-order valence-electron chi connectivity index (χ2n) is 4.53. The number of benzene rings is 1. The number of hydrogen-bond acceptors (Lipinski definition) is 5. The third kappa shape index (κ3) is 6.91. The molecule has 0 aliphatic rings. The molecule has 0 bridgehead atoms. The topological polar surface area (TPSA) is 93.7 Å². The molecule has 0 aliphatic heterocycles. The number of carbonyl (C=O) groups is 1. The molecule has 0 spiro atoms. The van der Waals surface area contributed by atoms with Crippen molar-refractivity contribution in [3.05, 3.63) is 42.5 Å². The summed E-state index contributed by atoms with van der Waals surface area (Å²) in [5.74, 6) is -0.360. The summed E-state index contributed by atoms with van der Waals surface area (Å²) in [7, 11) is -2.07. The molecule has 7 nitrogen and oxygen atoms in total. The lowest BCUT2D eigenvalue weighted by atomic mass is 10.2. The highest BCUT2D eigenvalue weighted by molar-refractivity contribution is 7.89. The maximum atomic E-state index is 12.0. The van der Waals surface area contributed by atoms with E-state index in [1.807, 2.05) is 0 Å². The van der Waals surface area contributed by atoms with E-state index in [-0.39, 0.29) is 22.9 Å². The first-order chi connectivity index (χ1) is 11.0. The summed E-state index contributed by atoms with van der Waals surface area (Å²) in [6, 6.07) is 5.82. The smallest absolute Gasteiger partial charge is 0.251 e. The summed E-state index contributed by atoms with van der Waals surface area (Å²) in [6.45, 7) is 5.20. The molecular formula is C15H22N2O5S. The van der Waals surface area contributed by atoms with Crippen LogP contribution in [0, 0.1) is 0 Å². The van der Waals surface area contributed by atoms with E-state index in [1.165, 1.54) is 24.3 Å². The van der Waals surface area contributed by atoms with E-state index in [2.05, 4.69) is 16.6 Å². The molecule has 0 aromatic heterocycles. The Labute approximate surface area is 136 Å². The fourth-order valence-electron chi connectivity index (χ4n) is 1.64. The minimum absolute atomic E-state index is 0.0309. The first-order valence-electron chi connectivity index (χ1n) is 7.06. The largest absolute Gasteiger partial charge is 0.382 e. The van der Waals surface area contributed by atoms with E-state index in [4.69, 9.17) is 9.47 Å². The second kappa shape index (κ2) is 10.1. The van der Waals surface area contributed by atoms with Crippen LogP contribution < -0.4 is 10.0 Å². The number of methoxy groups -OCH3 is 1. The summed E-state index contributed by atoms with van der Waals surface area (Å²) >= 11 is 0. The van der Waals surface area contributed by atoms with Crippen LogP contribution in [0.25, 0.3) is 0 Å². The van der Waals surface area contributed by atoms with E-state index in [0.717, 1.165) is 0 Å². The first kappa shape index (κ1) is 19.3. The van der Waals surface area contributed by atoms with Gasteiger partial charge in [-0.2, -0.15) is 0 Å². The van der Waals surface area contributed by atoms with Crippen molar-refractivity contribution in [2.75, 3.05) is 40.0 Å². The predicted molar refractivity (Wildman–Crippen MR) is 86.9 cm³/mol. The second-order valence-corrected chi connectivity index (χ2v) is 6.30. The zero-order valence-corrected chi connectivity index (χ0v) is 13.9. The number of rotatable bonds is 11. The Bertz CT molecular complexity index is 616. The fourth-order valence-corrected chi connectivity index (χ4v) is 2.68. The number of carbonyl (C=O) groups excluding carboxylic acids is 1. The van der Waals surface area contributed by atoms with Crippen LogP contribution in [0.4, 0.5) is 0 Å². The van der Waals surface area contributed by atoms with Crippen molar-refractivity contribution in [3.8, 4) is 0 Å². The van der Waals surface area contributed by atoms with Gasteiger partial charge in [-0.25, -0.2) is 13.1 Å².